The minimum atomic E-state index is -0.114. The molecule has 102 valence electrons. The molecule has 1 fully saturated rings. The van der Waals surface area contributed by atoms with Crippen LogP contribution in [-0.4, -0.2) is 28.5 Å². The van der Waals surface area contributed by atoms with Gasteiger partial charge in [0.05, 0.1) is 11.5 Å². The number of nitrogens with zero attached hydrogens (tertiary/aromatic N) is 1. The average Bonchev–Trinajstić information content (AvgIpc) is 2.79. The Kier molecular flexibility index (Phi) is 4.44. The topological polar surface area (TPSA) is 43.3 Å². The quantitative estimate of drug-likeness (QED) is 0.683. The Balaban J connectivity index is 2.29. The molecular formula is C13H16N2O2S2. The SMILES string of the molecule is COCCn1c(C)cc(/C=C2/SC(=S)NC2=O)c1C. The molecule has 2 rings (SSSR count). The highest BCUT2D eigenvalue weighted by molar-refractivity contribution is 8.26. The lowest BCUT2D eigenvalue weighted by molar-refractivity contribution is -0.115. The van der Waals surface area contributed by atoms with Crippen molar-refractivity contribution in [1.82, 2.24) is 9.88 Å². The van der Waals surface area contributed by atoms with Crippen LogP contribution in [0, 0.1) is 13.8 Å². The summed E-state index contributed by atoms with van der Waals surface area (Å²) in [5, 5.41) is 2.62. The zero-order valence-electron chi connectivity index (χ0n) is 11.1. The Bertz CT molecular complexity index is 561. The molecule has 1 amide bonds. The number of hydrogen-bond acceptors (Lipinski definition) is 4. The number of aryl methyl sites for hydroxylation is 1. The first-order valence-corrected chi connectivity index (χ1v) is 7.16. The second-order valence-corrected chi connectivity index (χ2v) is 6.04. The second-order valence-electron chi connectivity index (χ2n) is 4.32. The highest BCUT2D eigenvalue weighted by Crippen LogP contribution is 2.27. The minimum Gasteiger partial charge on any atom is -0.383 e. The average molecular weight is 296 g/mol. The summed E-state index contributed by atoms with van der Waals surface area (Å²) in [5.41, 5.74) is 3.34. The minimum absolute atomic E-state index is 0.114. The van der Waals surface area contributed by atoms with Gasteiger partial charge in [-0.2, -0.15) is 0 Å². The summed E-state index contributed by atoms with van der Waals surface area (Å²) in [6.45, 7) is 5.59. The highest BCUT2D eigenvalue weighted by atomic mass is 32.2. The number of thiocarbonyl (C=S) groups is 1. The van der Waals surface area contributed by atoms with Crippen LogP contribution in [0.4, 0.5) is 0 Å². The van der Waals surface area contributed by atoms with Crippen LogP contribution < -0.4 is 5.32 Å². The molecule has 19 heavy (non-hydrogen) atoms. The lowest BCUT2D eigenvalue weighted by atomic mass is 10.2. The summed E-state index contributed by atoms with van der Waals surface area (Å²) in [7, 11) is 1.69. The van der Waals surface area contributed by atoms with E-state index >= 15 is 0 Å². The van der Waals surface area contributed by atoms with E-state index in [9.17, 15) is 4.79 Å². The zero-order valence-corrected chi connectivity index (χ0v) is 12.8. The molecule has 2 heterocycles. The van der Waals surface area contributed by atoms with Crippen molar-refractivity contribution in [2.45, 2.75) is 20.4 Å². The first kappa shape index (κ1) is 14.3. The summed E-state index contributed by atoms with van der Waals surface area (Å²) in [4.78, 5) is 12.3. The molecule has 0 aliphatic carbocycles. The van der Waals surface area contributed by atoms with Crippen molar-refractivity contribution in [1.29, 1.82) is 0 Å². The fraction of sp³-hybridized carbons (Fsp3) is 0.385. The maximum atomic E-state index is 11.6. The Hall–Kier alpha value is -1.11. The Morgan fingerprint density at radius 1 is 1.53 bits per heavy atom. The number of hydrogen-bond donors (Lipinski definition) is 1. The lowest BCUT2D eigenvalue weighted by Crippen LogP contribution is -2.17. The van der Waals surface area contributed by atoms with Crippen LogP contribution >= 0.6 is 24.0 Å². The van der Waals surface area contributed by atoms with Crippen molar-refractivity contribution in [2.24, 2.45) is 0 Å². The summed E-state index contributed by atoms with van der Waals surface area (Å²) >= 11 is 6.29. The van der Waals surface area contributed by atoms with Crippen molar-refractivity contribution in [3.05, 3.63) is 27.9 Å². The molecule has 0 bridgehead atoms. The van der Waals surface area contributed by atoms with Crippen molar-refractivity contribution < 1.29 is 9.53 Å². The molecule has 0 saturated carbocycles. The van der Waals surface area contributed by atoms with Crippen LogP contribution in [0.3, 0.4) is 0 Å². The van der Waals surface area contributed by atoms with E-state index < -0.39 is 0 Å². The number of thioether (sulfide) groups is 1. The van der Waals surface area contributed by atoms with E-state index in [2.05, 4.69) is 22.9 Å². The van der Waals surface area contributed by atoms with Crippen LogP contribution in [-0.2, 0) is 16.1 Å². The van der Waals surface area contributed by atoms with Crippen LogP contribution in [0.25, 0.3) is 6.08 Å². The van der Waals surface area contributed by atoms with Gasteiger partial charge in [0.1, 0.15) is 4.32 Å². The number of aromatic nitrogens is 1. The van der Waals surface area contributed by atoms with Crippen molar-refractivity contribution in [3.63, 3.8) is 0 Å². The molecular weight excluding hydrogens is 280 g/mol. The predicted octanol–water partition coefficient (Wildman–Crippen LogP) is 2.24. The lowest BCUT2D eigenvalue weighted by Gasteiger charge is -2.08. The maximum absolute atomic E-state index is 11.6. The monoisotopic (exact) mass is 296 g/mol. The largest absolute Gasteiger partial charge is 0.383 e. The molecule has 0 spiro atoms. The van der Waals surface area contributed by atoms with Gasteiger partial charge in [0.25, 0.3) is 5.91 Å². The number of amides is 1. The maximum Gasteiger partial charge on any atom is 0.263 e. The van der Waals surface area contributed by atoms with Crippen LogP contribution in [0.2, 0.25) is 0 Å². The molecule has 1 saturated heterocycles. The third-order valence-electron chi connectivity index (χ3n) is 3.06. The third-order valence-corrected chi connectivity index (χ3v) is 4.22. The molecule has 1 N–H and O–H groups in total. The van der Waals surface area contributed by atoms with E-state index in [-0.39, 0.29) is 5.91 Å². The number of carbonyl (C=O) groups is 1. The van der Waals surface area contributed by atoms with E-state index in [4.69, 9.17) is 17.0 Å². The molecule has 1 aliphatic rings. The third kappa shape index (κ3) is 3.08. The molecule has 1 aromatic heterocycles. The van der Waals surface area contributed by atoms with Gasteiger partial charge in [0.2, 0.25) is 0 Å². The van der Waals surface area contributed by atoms with E-state index in [0.29, 0.717) is 15.8 Å². The Labute approximate surface area is 122 Å². The number of rotatable bonds is 4. The Morgan fingerprint density at radius 3 is 2.84 bits per heavy atom. The van der Waals surface area contributed by atoms with E-state index in [0.717, 1.165) is 23.5 Å². The summed E-state index contributed by atoms with van der Waals surface area (Å²) in [6, 6.07) is 2.08. The highest BCUT2D eigenvalue weighted by Gasteiger charge is 2.22. The molecule has 0 aromatic carbocycles. The van der Waals surface area contributed by atoms with Gasteiger partial charge in [0.15, 0.2) is 0 Å². The number of nitrogens with one attached hydrogen (secondary N) is 1. The van der Waals surface area contributed by atoms with Gasteiger partial charge in [-0.25, -0.2) is 0 Å². The van der Waals surface area contributed by atoms with Crippen molar-refractivity contribution in [2.75, 3.05) is 13.7 Å². The normalized spacial score (nSPS) is 17.3. The van der Waals surface area contributed by atoms with Crippen LogP contribution in [0.5, 0.6) is 0 Å². The molecule has 0 atom stereocenters. The fourth-order valence-corrected chi connectivity index (χ4v) is 3.10. The van der Waals surface area contributed by atoms with Gasteiger partial charge >= 0.3 is 0 Å². The van der Waals surface area contributed by atoms with Gasteiger partial charge in [-0.3, -0.25) is 4.79 Å². The zero-order chi connectivity index (χ0) is 14.0. The standard InChI is InChI=1S/C13H16N2O2S2/c1-8-6-10(9(2)15(8)4-5-17-3)7-11-12(16)14-13(18)19-11/h6-7H,4-5H2,1-3H3,(H,14,16,18)/b11-7+. The molecule has 6 heteroatoms. The molecule has 1 aliphatic heterocycles. The smallest absolute Gasteiger partial charge is 0.263 e. The predicted molar refractivity (Wildman–Crippen MR) is 82.1 cm³/mol. The Morgan fingerprint density at radius 2 is 2.26 bits per heavy atom. The van der Waals surface area contributed by atoms with Gasteiger partial charge in [-0.05, 0) is 31.6 Å². The van der Waals surface area contributed by atoms with Crippen LogP contribution in [0.15, 0.2) is 11.0 Å². The summed E-state index contributed by atoms with van der Waals surface area (Å²) < 4.78 is 7.81. The fourth-order valence-electron chi connectivity index (χ4n) is 2.06. The first-order chi connectivity index (χ1) is 9.02. The van der Waals surface area contributed by atoms with Crippen molar-refractivity contribution >= 4 is 40.3 Å². The van der Waals surface area contributed by atoms with E-state index in [1.807, 2.05) is 13.0 Å². The van der Waals surface area contributed by atoms with Crippen molar-refractivity contribution in [3.8, 4) is 0 Å². The summed E-state index contributed by atoms with van der Waals surface area (Å²) in [6.07, 6.45) is 1.89. The number of ether oxygens (including phenoxy) is 1. The van der Waals surface area contributed by atoms with Crippen LogP contribution in [0.1, 0.15) is 17.0 Å². The number of carbonyl (C=O) groups excluding carboxylic acids is 1. The summed E-state index contributed by atoms with van der Waals surface area (Å²) in [5.74, 6) is -0.114. The molecule has 0 unspecified atom stereocenters. The van der Waals surface area contributed by atoms with E-state index in [1.165, 1.54) is 11.8 Å². The van der Waals surface area contributed by atoms with Gasteiger partial charge in [-0.15, -0.1) is 0 Å². The molecule has 4 nitrogen and oxygen atoms in total. The second kappa shape index (κ2) is 5.90. The van der Waals surface area contributed by atoms with Gasteiger partial charge < -0.3 is 14.6 Å². The van der Waals surface area contributed by atoms with E-state index in [1.54, 1.807) is 7.11 Å². The number of methoxy groups -OCH3 is 1. The van der Waals surface area contributed by atoms with Gasteiger partial charge in [-0.1, -0.05) is 24.0 Å². The molecule has 1 aromatic rings. The molecule has 0 radical (unpaired) electrons. The first-order valence-electron chi connectivity index (χ1n) is 5.93. The van der Waals surface area contributed by atoms with Gasteiger partial charge in [0, 0.05) is 25.0 Å².